The number of piperazine rings is 1. The maximum absolute atomic E-state index is 14.1. The molecule has 0 atom stereocenters. The Morgan fingerprint density at radius 2 is 1.84 bits per heavy atom. The fraction of sp³-hybridized carbons (Fsp3) is 0.350. The Balaban J connectivity index is 1.60. The second-order valence-corrected chi connectivity index (χ2v) is 6.34. The molecule has 0 bridgehead atoms. The monoisotopic (exact) mass is 342 g/mol. The van der Waals surface area contributed by atoms with Crippen molar-refractivity contribution in [2.45, 2.75) is 13.5 Å². The highest BCUT2D eigenvalue weighted by molar-refractivity contribution is 5.94. The molecule has 132 valence electrons. The van der Waals surface area contributed by atoms with Gasteiger partial charge < -0.3 is 9.64 Å². The molecule has 0 radical (unpaired) electrons. The van der Waals surface area contributed by atoms with Crippen molar-refractivity contribution >= 4 is 5.91 Å². The van der Waals surface area contributed by atoms with E-state index in [1.54, 1.807) is 11.0 Å². The molecule has 0 aliphatic carbocycles. The van der Waals surface area contributed by atoms with Crippen LogP contribution in [0.15, 0.2) is 42.5 Å². The third-order valence-corrected chi connectivity index (χ3v) is 4.72. The van der Waals surface area contributed by atoms with Crippen molar-refractivity contribution in [3.8, 4) is 5.75 Å². The lowest BCUT2D eigenvalue weighted by atomic mass is 10.1. The van der Waals surface area contributed by atoms with Gasteiger partial charge in [-0.1, -0.05) is 24.3 Å². The molecule has 5 heteroatoms. The van der Waals surface area contributed by atoms with Crippen LogP contribution in [0.2, 0.25) is 0 Å². The van der Waals surface area contributed by atoms with Gasteiger partial charge in [-0.25, -0.2) is 4.39 Å². The predicted molar refractivity (Wildman–Crippen MR) is 95.3 cm³/mol. The van der Waals surface area contributed by atoms with Crippen LogP contribution in [0.5, 0.6) is 5.75 Å². The van der Waals surface area contributed by atoms with Gasteiger partial charge in [0.15, 0.2) is 0 Å². The molecule has 1 heterocycles. The largest absolute Gasteiger partial charge is 0.497 e. The van der Waals surface area contributed by atoms with Crippen LogP contribution < -0.4 is 4.74 Å². The third-order valence-electron chi connectivity index (χ3n) is 4.72. The lowest BCUT2D eigenvalue weighted by Crippen LogP contribution is -2.48. The van der Waals surface area contributed by atoms with Crippen LogP contribution in [0.3, 0.4) is 0 Å². The van der Waals surface area contributed by atoms with Crippen LogP contribution in [-0.4, -0.2) is 49.0 Å². The quantitative estimate of drug-likeness (QED) is 0.856. The van der Waals surface area contributed by atoms with E-state index in [9.17, 15) is 9.18 Å². The topological polar surface area (TPSA) is 32.8 Å². The molecule has 1 saturated heterocycles. The molecular formula is C20H23FN2O2. The van der Waals surface area contributed by atoms with Crippen molar-refractivity contribution in [3.63, 3.8) is 0 Å². The van der Waals surface area contributed by atoms with Gasteiger partial charge in [0.1, 0.15) is 11.6 Å². The van der Waals surface area contributed by atoms with Gasteiger partial charge in [-0.05, 0) is 30.2 Å². The molecule has 2 aromatic rings. The van der Waals surface area contributed by atoms with Gasteiger partial charge in [0, 0.05) is 38.8 Å². The number of halogens is 1. The number of benzene rings is 2. The summed E-state index contributed by atoms with van der Waals surface area (Å²) in [6.07, 6.45) is 0. The lowest BCUT2D eigenvalue weighted by Gasteiger charge is -2.35. The number of ether oxygens (including phenoxy) is 1. The summed E-state index contributed by atoms with van der Waals surface area (Å²) >= 11 is 0. The first-order valence-electron chi connectivity index (χ1n) is 8.48. The van der Waals surface area contributed by atoms with Crippen LogP contribution in [0.25, 0.3) is 0 Å². The minimum absolute atomic E-state index is 0.105. The van der Waals surface area contributed by atoms with Crippen molar-refractivity contribution in [2.24, 2.45) is 0 Å². The average Bonchev–Trinajstić information content (AvgIpc) is 2.63. The van der Waals surface area contributed by atoms with Crippen molar-refractivity contribution in [2.75, 3.05) is 33.3 Å². The van der Waals surface area contributed by atoms with E-state index in [0.29, 0.717) is 18.8 Å². The van der Waals surface area contributed by atoms with Crippen molar-refractivity contribution in [3.05, 3.63) is 65.0 Å². The second-order valence-electron chi connectivity index (χ2n) is 6.34. The summed E-state index contributed by atoms with van der Waals surface area (Å²) in [5, 5.41) is 0. The third kappa shape index (κ3) is 3.99. The first-order chi connectivity index (χ1) is 12.1. The van der Waals surface area contributed by atoms with Crippen LogP contribution >= 0.6 is 0 Å². The van der Waals surface area contributed by atoms with Crippen LogP contribution in [0.4, 0.5) is 4.39 Å². The van der Waals surface area contributed by atoms with Gasteiger partial charge in [-0.3, -0.25) is 9.69 Å². The van der Waals surface area contributed by atoms with E-state index in [1.807, 2.05) is 6.07 Å². The average molecular weight is 342 g/mol. The van der Waals surface area contributed by atoms with E-state index in [1.165, 1.54) is 30.4 Å². The van der Waals surface area contributed by atoms with Gasteiger partial charge in [0.05, 0.1) is 12.7 Å². The van der Waals surface area contributed by atoms with E-state index in [4.69, 9.17) is 4.74 Å². The molecule has 0 spiro atoms. The molecule has 25 heavy (non-hydrogen) atoms. The first-order valence-corrected chi connectivity index (χ1v) is 8.48. The number of hydrogen-bond donors (Lipinski definition) is 0. The molecule has 1 aliphatic rings. The van der Waals surface area contributed by atoms with E-state index in [0.717, 1.165) is 19.6 Å². The Morgan fingerprint density at radius 1 is 1.12 bits per heavy atom. The zero-order valence-electron chi connectivity index (χ0n) is 14.7. The van der Waals surface area contributed by atoms with Crippen molar-refractivity contribution in [1.29, 1.82) is 0 Å². The fourth-order valence-electron chi connectivity index (χ4n) is 3.10. The number of amides is 1. The molecule has 1 fully saturated rings. The lowest BCUT2D eigenvalue weighted by molar-refractivity contribution is 0.0623. The molecule has 0 N–H and O–H groups in total. The zero-order valence-corrected chi connectivity index (χ0v) is 14.7. The molecule has 2 aromatic carbocycles. The molecule has 0 unspecified atom stereocenters. The summed E-state index contributed by atoms with van der Waals surface area (Å²) in [4.78, 5) is 16.6. The standard InChI is InChI=1S/C20H23FN2O2/c1-15-5-3-4-6-16(15)14-22-9-11-23(12-10-22)20(24)18-8-7-17(25-2)13-19(18)21/h3-8,13H,9-12,14H2,1-2H3. The van der Waals surface area contributed by atoms with Gasteiger partial charge in [-0.15, -0.1) is 0 Å². The molecule has 1 amide bonds. The molecule has 1 aliphatic heterocycles. The number of carbonyl (C=O) groups excluding carboxylic acids is 1. The number of hydrogen-bond acceptors (Lipinski definition) is 3. The number of methoxy groups -OCH3 is 1. The van der Waals surface area contributed by atoms with Crippen molar-refractivity contribution in [1.82, 2.24) is 9.80 Å². The van der Waals surface area contributed by atoms with Crippen LogP contribution in [0.1, 0.15) is 21.5 Å². The second kappa shape index (κ2) is 7.66. The fourth-order valence-corrected chi connectivity index (χ4v) is 3.10. The number of rotatable bonds is 4. The Kier molecular flexibility index (Phi) is 5.34. The van der Waals surface area contributed by atoms with Gasteiger partial charge in [0.2, 0.25) is 0 Å². The number of carbonyl (C=O) groups is 1. The Labute approximate surface area is 147 Å². The number of nitrogens with zero attached hydrogens (tertiary/aromatic N) is 2. The highest BCUT2D eigenvalue weighted by Gasteiger charge is 2.24. The number of aryl methyl sites for hydroxylation is 1. The smallest absolute Gasteiger partial charge is 0.256 e. The van der Waals surface area contributed by atoms with E-state index >= 15 is 0 Å². The summed E-state index contributed by atoms with van der Waals surface area (Å²) in [5.41, 5.74) is 2.69. The van der Waals surface area contributed by atoms with Crippen LogP contribution in [0, 0.1) is 12.7 Å². The minimum atomic E-state index is -0.535. The summed E-state index contributed by atoms with van der Waals surface area (Å²) in [7, 11) is 1.48. The Hall–Kier alpha value is -2.40. The molecular weight excluding hydrogens is 319 g/mol. The SMILES string of the molecule is COc1ccc(C(=O)N2CCN(Cc3ccccc3C)CC2)c(F)c1. The van der Waals surface area contributed by atoms with E-state index in [-0.39, 0.29) is 11.5 Å². The Bertz CT molecular complexity index is 755. The highest BCUT2D eigenvalue weighted by Crippen LogP contribution is 2.19. The minimum Gasteiger partial charge on any atom is -0.497 e. The van der Waals surface area contributed by atoms with Gasteiger partial charge in [-0.2, -0.15) is 0 Å². The normalized spacial score (nSPS) is 15.2. The molecule has 0 saturated carbocycles. The summed E-state index contributed by atoms with van der Waals surface area (Å²) < 4.78 is 19.1. The maximum Gasteiger partial charge on any atom is 0.256 e. The predicted octanol–water partition coefficient (Wildman–Crippen LogP) is 3.10. The first kappa shape index (κ1) is 17.4. The van der Waals surface area contributed by atoms with Gasteiger partial charge >= 0.3 is 0 Å². The summed E-state index contributed by atoms with van der Waals surface area (Å²) in [6, 6.07) is 12.7. The molecule has 4 nitrogen and oxygen atoms in total. The van der Waals surface area contributed by atoms with Crippen LogP contribution in [-0.2, 0) is 6.54 Å². The van der Waals surface area contributed by atoms with E-state index in [2.05, 4.69) is 30.0 Å². The maximum atomic E-state index is 14.1. The Morgan fingerprint density at radius 3 is 2.48 bits per heavy atom. The summed E-state index contributed by atoms with van der Waals surface area (Å²) in [6.45, 7) is 5.79. The van der Waals surface area contributed by atoms with Gasteiger partial charge in [0.25, 0.3) is 5.91 Å². The highest BCUT2D eigenvalue weighted by atomic mass is 19.1. The molecule has 3 rings (SSSR count). The summed E-state index contributed by atoms with van der Waals surface area (Å²) in [5.74, 6) is -0.375. The van der Waals surface area contributed by atoms with E-state index < -0.39 is 5.82 Å². The zero-order chi connectivity index (χ0) is 17.8. The van der Waals surface area contributed by atoms with Crippen molar-refractivity contribution < 1.29 is 13.9 Å². The molecule has 0 aromatic heterocycles.